The SMILES string of the molecule is CN(CC1CC(N)C1)c1c(F)c(F)c(F)c(F)c1F. The fraction of sp³-hybridized carbons (Fsp3) is 0.500. The Bertz CT molecular complexity index is 470. The van der Waals surface area contributed by atoms with Gasteiger partial charge in [0.1, 0.15) is 5.69 Å². The van der Waals surface area contributed by atoms with E-state index in [4.69, 9.17) is 5.73 Å². The lowest BCUT2D eigenvalue weighted by Crippen LogP contribution is -2.42. The summed E-state index contributed by atoms with van der Waals surface area (Å²) in [6.45, 7) is 0.200. The van der Waals surface area contributed by atoms with E-state index in [-0.39, 0.29) is 18.5 Å². The molecule has 1 aromatic rings. The normalized spacial score (nSPS) is 22.3. The molecule has 0 heterocycles. The van der Waals surface area contributed by atoms with Gasteiger partial charge in [0.15, 0.2) is 23.3 Å². The van der Waals surface area contributed by atoms with Crippen molar-refractivity contribution in [3.05, 3.63) is 29.1 Å². The molecule has 19 heavy (non-hydrogen) atoms. The van der Waals surface area contributed by atoms with Gasteiger partial charge in [-0.25, -0.2) is 22.0 Å². The lowest BCUT2D eigenvalue weighted by molar-refractivity contribution is 0.269. The van der Waals surface area contributed by atoms with Gasteiger partial charge in [-0.15, -0.1) is 0 Å². The molecule has 1 aliphatic rings. The van der Waals surface area contributed by atoms with E-state index < -0.39 is 34.8 Å². The number of halogens is 5. The molecule has 0 aromatic heterocycles. The first kappa shape index (κ1) is 14.0. The third-order valence-electron chi connectivity index (χ3n) is 3.37. The first-order chi connectivity index (χ1) is 8.82. The second-order valence-corrected chi connectivity index (χ2v) is 4.90. The smallest absolute Gasteiger partial charge is 0.200 e. The highest BCUT2D eigenvalue weighted by Crippen LogP contribution is 2.32. The van der Waals surface area contributed by atoms with Gasteiger partial charge in [-0.1, -0.05) is 0 Å². The molecule has 0 radical (unpaired) electrons. The van der Waals surface area contributed by atoms with Gasteiger partial charge in [0.2, 0.25) is 5.82 Å². The van der Waals surface area contributed by atoms with Crippen LogP contribution in [0, 0.1) is 35.0 Å². The van der Waals surface area contributed by atoms with Crippen molar-refractivity contribution in [3.63, 3.8) is 0 Å². The monoisotopic (exact) mass is 280 g/mol. The number of hydrogen-bond acceptors (Lipinski definition) is 2. The predicted octanol–water partition coefficient (Wildman–Crippen LogP) is 2.56. The van der Waals surface area contributed by atoms with Gasteiger partial charge in [0.25, 0.3) is 0 Å². The van der Waals surface area contributed by atoms with E-state index in [1.807, 2.05) is 0 Å². The number of benzene rings is 1. The van der Waals surface area contributed by atoms with Crippen molar-refractivity contribution in [2.24, 2.45) is 11.7 Å². The standard InChI is InChI=1S/C12H13F5N2/c1-19(4-5-2-6(18)3-5)12-10(16)8(14)7(13)9(15)11(12)17/h5-6H,2-4,18H2,1H3. The van der Waals surface area contributed by atoms with Crippen molar-refractivity contribution < 1.29 is 22.0 Å². The zero-order chi connectivity index (χ0) is 14.3. The van der Waals surface area contributed by atoms with E-state index in [1.54, 1.807) is 0 Å². The maximum Gasteiger partial charge on any atom is 0.200 e. The molecule has 1 fully saturated rings. The van der Waals surface area contributed by atoms with Gasteiger partial charge >= 0.3 is 0 Å². The first-order valence-corrected chi connectivity index (χ1v) is 5.81. The van der Waals surface area contributed by atoms with Crippen LogP contribution < -0.4 is 10.6 Å². The van der Waals surface area contributed by atoms with Crippen molar-refractivity contribution in [2.75, 3.05) is 18.5 Å². The Hall–Kier alpha value is -1.37. The Morgan fingerprint density at radius 2 is 1.37 bits per heavy atom. The molecule has 7 heteroatoms. The summed E-state index contributed by atoms with van der Waals surface area (Å²) in [5.41, 5.74) is 4.68. The number of nitrogens with zero attached hydrogens (tertiary/aromatic N) is 1. The minimum atomic E-state index is -2.14. The van der Waals surface area contributed by atoms with Gasteiger partial charge in [-0.05, 0) is 18.8 Å². The molecule has 2 nitrogen and oxygen atoms in total. The molecule has 106 valence electrons. The Kier molecular flexibility index (Phi) is 3.66. The van der Waals surface area contributed by atoms with Crippen molar-refractivity contribution >= 4 is 5.69 Å². The van der Waals surface area contributed by atoms with E-state index in [0.717, 1.165) is 4.90 Å². The summed E-state index contributed by atoms with van der Waals surface area (Å²) in [5.74, 6) is -9.49. The molecule has 2 rings (SSSR count). The van der Waals surface area contributed by atoms with Crippen LogP contribution in [0.2, 0.25) is 0 Å². The maximum absolute atomic E-state index is 13.5. The number of anilines is 1. The summed E-state index contributed by atoms with van der Waals surface area (Å²) in [4.78, 5) is 1.05. The van der Waals surface area contributed by atoms with Crippen LogP contribution in [0.15, 0.2) is 0 Å². The molecular weight excluding hydrogens is 267 g/mol. The lowest BCUT2D eigenvalue weighted by Gasteiger charge is -2.36. The molecule has 0 aliphatic heterocycles. The van der Waals surface area contributed by atoms with E-state index in [1.165, 1.54) is 7.05 Å². The highest BCUT2D eigenvalue weighted by atomic mass is 19.2. The molecule has 1 aromatic carbocycles. The largest absolute Gasteiger partial charge is 0.369 e. The van der Waals surface area contributed by atoms with Crippen LogP contribution in [-0.2, 0) is 0 Å². The van der Waals surface area contributed by atoms with Gasteiger partial charge in [-0.3, -0.25) is 0 Å². The van der Waals surface area contributed by atoms with Crippen molar-refractivity contribution in [3.8, 4) is 0 Å². The summed E-state index contributed by atoms with van der Waals surface area (Å²) >= 11 is 0. The Morgan fingerprint density at radius 3 is 1.79 bits per heavy atom. The van der Waals surface area contributed by atoms with Gasteiger partial charge < -0.3 is 10.6 Å². The van der Waals surface area contributed by atoms with Crippen LogP contribution in [0.5, 0.6) is 0 Å². The van der Waals surface area contributed by atoms with Crippen LogP contribution in [0.25, 0.3) is 0 Å². The minimum absolute atomic E-state index is 0.0507. The maximum atomic E-state index is 13.5. The number of rotatable bonds is 3. The van der Waals surface area contributed by atoms with Crippen molar-refractivity contribution in [1.82, 2.24) is 0 Å². The fourth-order valence-corrected chi connectivity index (χ4v) is 2.34. The molecule has 1 saturated carbocycles. The topological polar surface area (TPSA) is 29.3 Å². The van der Waals surface area contributed by atoms with Crippen molar-refractivity contribution in [1.29, 1.82) is 0 Å². The Labute approximate surface area is 107 Å². The summed E-state index contributed by atoms with van der Waals surface area (Å²) < 4.78 is 66.0. The predicted molar refractivity (Wildman–Crippen MR) is 60.2 cm³/mol. The van der Waals surface area contributed by atoms with Crippen molar-refractivity contribution in [2.45, 2.75) is 18.9 Å². The minimum Gasteiger partial charge on any atom is -0.369 e. The van der Waals surface area contributed by atoms with Gasteiger partial charge in [-0.2, -0.15) is 0 Å². The molecule has 0 unspecified atom stereocenters. The van der Waals surface area contributed by atoms with Crippen LogP contribution in [0.3, 0.4) is 0 Å². The second-order valence-electron chi connectivity index (χ2n) is 4.90. The third-order valence-corrected chi connectivity index (χ3v) is 3.37. The fourth-order valence-electron chi connectivity index (χ4n) is 2.34. The number of nitrogens with two attached hydrogens (primary N) is 1. The van der Waals surface area contributed by atoms with Crippen LogP contribution in [-0.4, -0.2) is 19.6 Å². The Morgan fingerprint density at radius 1 is 0.947 bits per heavy atom. The van der Waals surface area contributed by atoms with E-state index in [9.17, 15) is 22.0 Å². The molecule has 0 spiro atoms. The summed E-state index contributed by atoms with van der Waals surface area (Å²) in [5, 5.41) is 0. The highest BCUT2D eigenvalue weighted by molar-refractivity contribution is 5.50. The van der Waals surface area contributed by atoms with Crippen LogP contribution >= 0.6 is 0 Å². The molecule has 0 bridgehead atoms. The molecule has 0 saturated heterocycles. The summed E-state index contributed by atoms with van der Waals surface area (Å²) in [6.07, 6.45) is 1.36. The molecule has 0 amide bonds. The molecule has 0 atom stereocenters. The summed E-state index contributed by atoms with van der Waals surface area (Å²) in [7, 11) is 1.29. The zero-order valence-corrected chi connectivity index (χ0v) is 10.2. The molecule has 1 aliphatic carbocycles. The quantitative estimate of drug-likeness (QED) is 0.524. The highest BCUT2D eigenvalue weighted by Gasteiger charge is 2.31. The van der Waals surface area contributed by atoms with E-state index in [2.05, 4.69) is 0 Å². The van der Waals surface area contributed by atoms with Gasteiger partial charge in [0, 0.05) is 19.6 Å². The van der Waals surface area contributed by atoms with Gasteiger partial charge in [0.05, 0.1) is 0 Å². The second kappa shape index (κ2) is 4.96. The molecular formula is C12H13F5N2. The Balaban J connectivity index is 2.28. The van der Waals surface area contributed by atoms with E-state index in [0.29, 0.717) is 12.8 Å². The average Bonchev–Trinajstić information content (AvgIpc) is 2.32. The lowest BCUT2D eigenvalue weighted by atomic mass is 9.80. The number of hydrogen-bond donors (Lipinski definition) is 1. The average molecular weight is 280 g/mol. The summed E-state index contributed by atoms with van der Waals surface area (Å²) in [6, 6.07) is 0.0507. The molecule has 2 N–H and O–H groups in total. The third kappa shape index (κ3) is 2.39. The van der Waals surface area contributed by atoms with Crippen LogP contribution in [0.4, 0.5) is 27.6 Å². The van der Waals surface area contributed by atoms with E-state index >= 15 is 0 Å². The first-order valence-electron chi connectivity index (χ1n) is 5.81. The van der Waals surface area contributed by atoms with Crippen LogP contribution in [0.1, 0.15) is 12.8 Å². The zero-order valence-electron chi connectivity index (χ0n) is 10.2.